The number of aromatic amines is 1. The van der Waals surface area contributed by atoms with E-state index in [4.69, 9.17) is 21.4 Å². The molecule has 8 nitrogen and oxygen atoms in total. The third-order valence-electron chi connectivity index (χ3n) is 4.36. The molecule has 1 aromatic carbocycles. The van der Waals surface area contributed by atoms with E-state index in [1.165, 1.54) is 6.39 Å². The van der Waals surface area contributed by atoms with Crippen molar-refractivity contribution in [3.63, 3.8) is 0 Å². The van der Waals surface area contributed by atoms with Crippen molar-refractivity contribution in [3.8, 4) is 17.1 Å². The zero-order chi connectivity index (χ0) is 18.8. The number of benzene rings is 1. The van der Waals surface area contributed by atoms with Crippen molar-refractivity contribution < 1.29 is 9.15 Å². The fourth-order valence-electron chi connectivity index (χ4n) is 3.02. The normalized spacial score (nSPS) is 11.1. The largest absolute Gasteiger partial charge is 0.496 e. The van der Waals surface area contributed by atoms with Gasteiger partial charge in [0.15, 0.2) is 16.9 Å². The highest BCUT2D eigenvalue weighted by Crippen LogP contribution is 2.32. The van der Waals surface area contributed by atoms with Crippen LogP contribution >= 0.6 is 12.2 Å². The quantitative estimate of drug-likeness (QED) is 0.515. The van der Waals surface area contributed by atoms with Crippen molar-refractivity contribution >= 4 is 23.1 Å². The van der Waals surface area contributed by atoms with Gasteiger partial charge in [0.1, 0.15) is 5.75 Å². The summed E-state index contributed by atoms with van der Waals surface area (Å²) < 4.78 is 14.7. The molecule has 0 radical (unpaired) electrons. The Kier molecular flexibility index (Phi) is 4.59. The van der Waals surface area contributed by atoms with Gasteiger partial charge in [-0.2, -0.15) is 0 Å². The Balaban J connectivity index is 1.75. The molecular weight excluding hydrogens is 366 g/mol. The maximum Gasteiger partial charge on any atom is 0.262 e. The van der Waals surface area contributed by atoms with E-state index < -0.39 is 0 Å². The lowest BCUT2D eigenvalue weighted by Gasteiger charge is -2.11. The minimum absolute atomic E-state index is 0.150. The molecule has 0 aliphatic heterocycles. The summed E-state index contributed by atoms with van der Waals surface area (Å²) in [7, 11) is 1.56. The van der Waals surface area contributed by atoms with E-state index in [0.717, 1.165) is 13.0 Å². The van der Waals surface area contributed by atoms with Gasteiger partial charge in [0.25, 0.3) is 5.56 Å². The van der Waals surface area contributed by atoms with Gasteiger partial charge in [-0.15, -0.1) is 0 Å². The van der Waals surface area contributed by atoms with Gasteiger partial charge in [-0.1, -0.05) is 0 Å². The van der Waals surface area contributed by atoms with Crippen LogP contribution in [0.3, 0.4) is 0 Å². The Hall–Kier alpha value is -3.20. The summed E-state index contributed by atoms with van der Waals surface area (Å²) in [5.74, 6) is 1.10. The highest BCUT2D eigenvalue weighted by molar-refractivity contribution is 7.71. The smallest absolute Gasteiger partial charge is 0.262 e. The molecule has 3 heterocycles. The minimum atomic E-state index is -0.150. The molecule has 0 saturated heterocycles. The summed E-state index contributed by atoms with van der Waals surface area (Å²) in [6.07, 6.45) is 9.04. The summed E-state index contributed by atoms with van der Waals surface area (Å²) in [5, 5.41) is 0.512. The van der Waals surface area contributed by atoms with Crippen molar-refractivity contribution in [1.82, 2.24) is 24.1 Å². The lowest BCUT2D eigenvalue weighted by molar-refractivity contribution is 0.415. The first kappa shape index (κ1) is 17.2. The molecule has 0 unspecified atom stereocenters. The van der Waals surface area contributed by atoms with Gasteiger partial charge in [0, 0.05) is 31.5 Å². The number of hydrogen-bond acceptors (Lipinski definition) is 6. The summed E-state index contributed by atoms with van der Waals surface area (Å²) in [6.45, 7) is 1.26. The highest BCUT2D eigenvalue weighted by atomic mass is 32.1. The van der Waals surface area contributed by atoms with E-state index in [1.807, 2.05) is 10.8 Å². The van der Waals surface area contributed by atoms with E-state index in [-0.39, 0.29) is 5.56 Å². The summed E-state index contributed by atoms with van der Waals surface area (Å²) in [5.41, 5.74) is 1.13. The van der Waals surface area contributed by atoms with Crippen LogP contribution in [0.5, 0.6) is 5.75 Å². The third kappa shape index (κ3) is 3.28. The lowest BCUT2D eigenvalue weighted by atomic mass is 10.1. The molecule has 0 fully saturated rings. The Morgan fingerprint density at radius 1 is 1.30 bits per heavy atom. The molecule has 0 aliphatic carbocycles. The Morgan fingerprint density at radius 3 is 2.89 bits per heavy atom. The SMILES string of the molecule is COc1cc2[nH]c(=S)n(CCCn3ccnc3)c(=O)c2cc1-c1cnco1. The number of imidazole rings is 1. The second kappa shape index (κ2) is 7.20. The number of nitrogens with one attached hydrogen (secondary N) is 1. The summed E-state index contributed by atoms with van der Waals surface area (Å²) in [4.78, 5) is 24.1. The number of hydrogen-bond donors (Lipinski definition) is 1. The number of oxazole rings is 1. The zero-order valence-corrected chi connectivity index (χ0v) is 15.4. The molecule has 0 atom stereocenters. The lowest BCUT2D eigenvalue weighted by Crippen LogP contribution is -2.23. The van der Waals surface area contributed by atoms with E-state index in [9.17, 15) is 4.79 Å². The Bertz CT molecular complexity index is 1180. The molecule has 138 valence electrons. The van der Waals surface area contributed by atoms with E-state index in [1.54, 1.807) is 42.5 Å². The third-order valence-corrected chi connectivity index (χ3v) is 4.68. The first-order valence-electron chi connectivity index (χ1n) is 8.37. The van der Waals surface area contributed by atoms with E-state index in [2.05, 4.69) is 15.0 Å². The van der Waals surface area contributed by atoms with Crippen molar-refractivity contribution in [2.75, 3.05) is 7.11 Å². The first-order chi connectivity index (χ1) is 13.2. The van der Waals surface area contributed by atoms with Crippen LogP contribution < -0.4 is 10.3 Å². The first-order valence-corrected chi connectivity index (χ1v) is 8.77. The van der Waals surface area contributed by atoms with Crippen LogP contribution in [0, 0.1) is 4.77 Å². The maximum atomic E-state index is 13.0. The molecule has 0 spiro atoms. The van der Waals surface area contributed by atoms with Crippen molar-refractivity contribution in [3.05, 3.63) is 58.6 Å². The predicted octanol–water partition coefficient (Wildman–Crippen LogP) is 3.01. The monoisotopic (exact) mass is 383 g/mol. The average molecular weight is 383 g/mol. The number of nitrogens with zero attached hydrogens (tertiary/aromatic N) is 4. The molecular formula is C18H17N5O3S. The molecule has 0 aliphatic rings. The van der Waals surface area contributed by atoms with E-state index in [0.29, 0.717) is 39.3 Å². The van der Waals surface area contributed by atoms with Gasteiger partial charge < -0.3 is 18.7 Å². The van der Waals surface area contributed by atoms with Gasteiger partial charge in [-0.05, 0) is 24.7 Å². The van der Waals surface area contributed by atoms with E-state index >= 15 is 0 Å². The number of rotatable bonds is 6. The standard InChI is InChI=1S/C18H17N5O3S/c1-25-15-8-14-12(7-13(15)16-9-20-11-26-16)17(24)23(18(27)21-14)5-2-4-22-6-3-19-10-22/h3,6-11H,2,4-5H2,1H3,(H,21,27). The van der Waals surface area contributed by atoms with Crippen LogP contribution in [0.2, 0.25) is 0 Å². The van der Waals surface area contributed by atoms with Gasteiger partial charge in [-0.3, -0.25) is 9.36 Å². The number of fused-ring (bicyclic) bond motifs is 1. The van der Waals surface area contributed by atoms with Gasteiger partial charge in [0.05, 0.1) is 36.1 Å². The zero-order valence-electron chi connectivity index (χ0n) is 14.6. The molecule has 0 bridgehead atoms. The molecule has 9 heteroatoms. The Labute approximate surface area is 159 Å². The molecule has 3 aromatic heterocycles. The highest BCUT2D eigenvalue weighted by Gasteiger charge is 2.14. The van der Waals surface area contributed by atoms with Crippen molar-refractivity contribution in [2.45, 2.75) is 19.5 Å². The molecule has 4 rings (SSSR count). The summed E-state index contributed by atoms with van der Waals surface area (Å²) >= 11 is 5.39. The molecule has 27 heavy (non-hydrogen) atoms. The molecule has 0 saturated carbocycles. The van der Waals surface area contributed by atoms with Crippen molar-refractivity contribution in [1.29, 1.82) is 0 Å². The number of aromatic nitrogens is 5. The minimum Gasteiger partial charge on any atom is -0.496 e. The van der Waals surface area contributed by atoms with Gasteiger partial charge in [0.2, 0.25) is 0 Å². The van der Waals surface area contributed by atoms with Crippen LogP contribution in [0.4, 0.5) is 0 Å². The summed E-state index contributed by atoms with van der Waals surface area (Å²) in [6, 6.07) is 3.49. The number of H-pyrrole nitrogens is 1. The second-order valence-corrected chi connectivity index (χ2v) is 6.39. The van der Waals surface area contributed by atoms with Crippen LogP contribution in [-0.4, -0.2) is 31.2 Å². The van der Waals surface area contributed by atoms with Crippen LogP contribution in [0.15, 0.2) is 52.7 Å². The molecule has 0 amide bonds. The van der Waals surface area contributed by atoms with Crippen LogP contribution in [-0.2, 0) is 13.1 Å². The fourth-order valence-corrected chi connectivity index (χ4v) is 3.31. The predicted molar refractivity (Wildman–Crippen MR) is 102 cm³/mol. The number of methoxy groups -OCH3 is 1. The van der Waals surface area contributed by atoms with Gasteiger partial charge >= 0.3 is 0 Å². The van der Waals surface area contributed by atoms with Crippen molar-refractivity contribution in [2.24, 2.45) is 0 Å². The fraction of sp³-hybridized carbons (Fsp3) is 0.222. The Morgan fingerprint density at radius 2 is 2.19 bits per heavy atom. The van der Waals surface area contributed by atoms with Crippen LogP contribution in [0.1, 0.15) is 6.42 Å². The van der Waals surface area contributed by atoms with Gasteiger partial charge in [-0.25, -0.2) is 9.97 Å². The topological polar surface area (TPSA) is 90.9 Å². The van der Waals surface area contributed by atoms with Crippen LogP contribution in [0.25, 0.3) is 22.2 Å². The maximum absolute atomic E-state index is 13.0. The number of aryl methyl sites for hydroxylation is 1. The molecule has 1 N–H and O–H groups in total. The average Bonchev–Trinajstić information content (AvgIpc) is 3.37. The second-order valence-electron chi connectivity index (χ2n) is 6.00. The molecule has 4 aromatic rings. The number of ether oxygens (including phenoxy) is 1.